The van der Waals surface area contributed by atoms with E-state index < -0.39 is 0 Å². The number of anilines is 1. The first-order chi connectivity index (χ1) is 15.6. The first kappa shape index (κ1) is 23.6. The van der Waals surface area contributed by atoms with E-state index >= 15 is 0 Å². The van der Waals surface area contributed by atoms with Gasteiger partial charge < -0.3 is 29.7 Å². The third kappa shape index (κ3) is 5.78. The molecule has 2 N–H and O–H groups in total. The summed E-state index contributed by atoms with van der Waals surface area (Å²) in [6.07, 6.45) is 2.55. The Morgan fingerprint density at radius 2 is 1.69 bits per heavy atom. The van der Waals surface area contributed by atoms with Gasteiger partial charge >= 0.3 is 0 Å². The largest absolute Gasteiger partial charge is 0.496 e. The molecule has 1 saturated heterocycles. The molecule has 0 aromatic heterocycles. The van der Waals surface area contributed by atoms with Crippen molar-refractivity contribution in [2.45, 2.75) is 39.3 Å². The molecule has 0 radical (unpaired) electrons. The number of aliphatic imine (C=N–C) groups is 1. The van der Waals surface area contributed by atoms with Crippen LogP contribution < -0.4 is 29.7 Å². The molecule has 174 valence electrons. The van der Waals surface area contributed by atoms with E-state index in [1.165, 1.54) is 24.1 Å². The molecule has 1 unspecified atom stereocenters. The van der Waals surface area contributed by atoms with Gasteiger partial charge in [0.15, 0.2) is 17.5 Å². The fraction of sp³-hybridized carbons (Fsp3) is 0.480. The number of rotatable bonds is 9. The predicted molar refractivity (Wildman–Crippen MR) is 130 cm³/mol. The Labute approximate surface area is 191 Å². The molecule has 2 aromatic carbocycles. The molecule has 3 rings (SSSR count). The van der Waals surface area contributed by atoms with Gasteiger partial charge in [0, 0.05) is 37.0 Å². The molecule has 7 heteroatoms. The second kappa shape index (κ2) is 11.5. The Morgan fingerprint density at radius 1 is 1.00 bits per heavy atom. The highest BCUT2D eigenvalue weighted by atomic mass is 16.5. The summed E-state index contributed by atoms with van der Waals surface area (Å²) in [4.78, 5) is 7.25. The van der Waals surface area contributed by atoms with Crippen LogP contribution in [0.15, 0.2) is 41.4 Å². The Hall–Kier alpha value is -3.09. The lowest BCUT2D eigenvalue weighted by Gasteiger charge is -2.22. The van der Waals surface area contributed by atoms with Crippen molar-refractivity contribution in [3.63, 3.8) is 0 Å². The smallest absolute Gasteiger partial charge is 0.192 e. The third-order valence-electron chi connectivity index (χ3n) is 5.73. The van der Waals surface area contributed by atoms with E-state index in [2.05, 4.69) is 53.6 Å². The molecule has 1 fully saturated rings. The van der Waals surface area contributed by atoms with Crippen molar-refractivity contribution >= 4 is 11.6 Å². The normalized spacial score (nSPS) is 14.8. The fourth-order valence-corrected chi connectivity index (χ4v) is 3.95. The van der Waals surface area contributed by atoms with Crippen molar-refractivity contribution in [2.75, 3.05) is 45.9 Å². The third-order valence-corrected chi connectivity index (χ3v) is 5.73. The number of nitrogens with zero attached hydrogens (tertiary/aromatic N) is 2. The summed E-state index contributed by atoms with van der Waals surface area (Å²) in [6.45, 7) is 7.72. The van der Waals surface area contributed by atoms with E-state index in [4.69, 9.17) is 19.2 Å². The molecule has 0 aliphatic carbocycles. The zero-order valence-corrected chi connectivity index (χ0v) is 19.9. The Balaban J connectivity index is 1.76. The molecule has 1 aliphatic heterocycles. The Bertz CT molecular complexity index is 910. The second-order valence-corrected chi connectivity index (χ2v) is 7.87. The topological polar surface area (TPSA) is 67.4 Å². The highest BCUT2D eigenvalue weighted by Crippen LogP contribution is 2.35. The standard InChI is InChI=1S/C25H36N4O3/c1-6-26-25(27-17-20-15-23(31-4)24(32-5)16-22(20)30-3)28-18(2)19-10-9-11-21(14-19)29-12-7-8-13-29/h9-11,14-16,18H,6-8,12-13,17H2,1-5H3,(H2,26,27,28). The van der Waals surface area contributed by atoms with Crippen LogP contribution in [-0.4, -0.2) is 46.9 Å². The van der Waals surface area contributed by atoms with Gasteiger partial charge in [-0.3, -0.25) is 0 Å². The van der Waals surface area contributed by atoms with Crippen molar-refractivity contribution in [1.29, 1.82) is 0 Å². The van der Waals surface area contributed by atoms with Crippen LogP contribution in [0.1, 0.15) is 43.9 Å². The van der Waals surface area contributed by atoms with E-state index in [1.807, 2.05) is 12.1 Å². The lowest BCUT2D eigenvalue weighted by Crippen LogP contribution is -2.38. The highest BCUT2D eigenvalue weighted by molar-refractivity contribution is 5.80. The molecular weight excluding hydrogens is 404 g/mol. The summed E-state index contributed by atoms with van der Waals surface area (Å²) in [5, 5.41) is 6.88. The molecule has 32 heavy (non-hydrogen) atoms. The molecule has 0 amide bonds. The Morgan fingerprint density at radius 3 is 2.34 bits per heavy atom. The van der Waals surface area contributed by atoms with Gasteiger partial charge in [0.25, 0.3) is 0 Å². The van der Waals surface area contributed by atoms with Crippen LogP contribution in [0.25, 0.3) is 0 Å². The number of hydrogen-bond donors (Lipinski definition) is 2. The summed E-state index contributed by atoms with van der Waals surface area (Å²) in [7, 11) is 4.89. The minimum Gasteiger partial charge on any atom is -0.496 e. The van der Waals surface area contributed by atoms with Gasteiger partial charge in [0.1, 0.15) is 5.75 Å². The average Bonchev–Trinajstić information content (AvgIpc) is 3.37. The SMILES string of the molecule is CCNC(=NCc1cc(OC)c(OC)cc1OC)NC(C)c1cccc(N2CCCC2)c1. The van der Waals surface area contributed by atoms with Crippen molar-refractivity contribution in [3.05, 3.63) is 47.5 Å². The molecule has 0 spiro atoms. The number of methoxy groups -OCH3 is 3. The number of guanidine groups is 1. The quantitative estimate of drug-likeness (QED) is 0.451. The van der Waals surface area contributed by atoms with Crippen molar-refractivity contribution in [2.24, 2.45) is 4.99 Å². The van der Waals surface area contributed by atoms with Crippen LogP contribution in [0.2, 0.25) is 0 Å². The number of ether oxygens (including phenoxy) is 3. The molecule has 7 nitrogen and oxygen atoms in total. The maximum absolute atomic E-state index is 5.54. The molecule has 1 aliphatic rings. The maximum Gasteiger partial charge on any atom is 0.192 e. The van der Waals surface area contributed by atoms with Crippen LogP contribution in [0.5, 0.6) is 17.2 Å². The number of benzene rings is 2. The summed E-state index contributed by atoms with van der Waals surface area (Å²) in [5.74, 6) is 2.76. The van der Waals surface area contributed by atoms with Crippen molar-refractivity contribution in [1.82, 2.24) is 10.6 Å². The van der Waals surface area contributed by atoms with Gasteiger partial charge in [0.2, 0.25) is 0 Å². The minimum absolute atomic E-state index is 0.114. The lowest BCUT2D eigenvalue weighted by atomic mass is 10.1. The molecule has 0 bridgehead atoms. The lowest BCUT2D eigenvalue weighted by molar-refractivity contribution is 0.347. The van der Waals surface area contributed by atoms with Crippen LogP contribution in [0, 0.1) is 0 Å². The summed E-state index contributed by atoms with van der Waals surface area (Å²) < 4.78 is 16.4. The first-order valence-electron chi connectivity index (χ1n) is 11.3. The van der Waals surface area contributed by atoms with Gasteiger partial charge in [-0.1, -0.05) is 12.1 Å². The van der Waals surface area contributed by atoms with Gasteiger partial charge in [-0.05, 0) is 50.5 Å². The average molecular weight is 441 g/mol. The van der Waals surface area contributed by atoms with Gasteiger partial charge in [-0.15, -0.1) is 0 Å². The molecule has 1 heterocycles. The predicted octanol–water partition coefficient (Wildman–Crippen LogP) is 4.13. The van der Waals surface area contributed by atoms with Crippen LogP contribution >= 0.6 is 0 Å². The van der Waals surface area contributed by atoms with Gasteiger partial charge in [0.05, 0.1) is 33.9 Å². The van der Waals surface area contributed by atoms with E-state index in [-0.39, 0.29) is 6.04 Å². The molecule has 2 aromatic rings. The van der Waals surface area contributed by atoms with E-state index in [0.29, 0.717) is 23.8 Å². The molecular formula is C25H36N4O3. The molecule has 1 atom stereocenters. The van der Waals surface area contributed by atoms with Crippen molar-refractivity contribution < 1.29 is 14.2 Å². The number of nitrogens with one attached hydrogen (secondary N) is 2. The summed E-state index contributed by atoms with van der Waals surface area (Å²) >= 11 is 0. The Kier molecular flexibility index (Phi) is 8.48. The van der Waals surface area contributed by atoms with E-state index in [1.54, 1.807) is 21.3 Å². The number of hydrogen-bond acceptors (Lipinski definition) is 5. The van der Waals surface area contributed by atoms with Crippen LogP contribution in [0.3, 0.4) is 0 Å². The fourth-order valence-electron chi connectivity index (χ4n) is 3.95. The maximum atomic E-state index is 5.54. The summed E-state index contributed by atoms with van der Waals surface area (Å²) in [5.41, 5.74) is 3.46. The zero-order chi connectivity index (χ0) is 22.9. The summed E-state index contributed by atoms with van der Waals surface area (Å²) in [6, 6.07) is 12.6. The van der Waals surface area contributed by atoms with Crippen LogP contribution in [0.4, 0.5) is 5.69 Å². The highest BCUT2D eigenvalue weighted by Gasteiger charge is 2.15. The van der Waals surface area contributed by atoms with E-state index in [9.17, 15) is 0 Å². The first-order valence-corrected chi connectivity index (χ1v) is 11.3. The van der Waals surface area contributed by atoms with Gasteiger partial charge in [-0.2, -0.15) is 0 Å². The van der Waals surface area contributed by atoms with Crippen LogP contribution in [-0.2, 0) is 6.54 Å². The van der Waals surface area contributed by atoms with E-state index in [0.717, 1.165) is 31.2 Å². The van der Waals surface area contributed by atoms with Gasteiger partial charge in [-0.25, -0.2) is 4.99 Å². The minimum atomic E-state index is 0.114. The van der Waals surface area contributed by atoms with Crippen molar-refractivity contribution in [3.8, 4) is 17.2 Å². The molecule has 0 saturated carbocycles. The monoisotopic (exact) mass is 440 g/mol. The second-order valence-electron chi connectivity index (χ2n) is 7.87. The zero-order valence-electron chi connectivity index (χ0n) is 19.9.